The highest BCUT2D eigenvalue weighted by Gasteiger charge is 2.21. The second kappa shape index (κ2) is 8.38. The summed E-state index contributed by atoms with van der Waals surface area (Å²) in [4.78, 5) is 29.2. The largest absolute Gasteiger partial charge is 0.320 e. The minimum absolute atomic E-state index is 0.170. The summed E-state index contributed by atoms with van der Waals surface area (Å²) in [6.07, 6.45) is 1.54. The van der Waals surface area contributed by atoms with Gasteiger partial charge >= 0.3 is 0 Å². The first kappa shape index (κ1) is 20.4. The summed E-state index contributed by atoms with van der Waals surface area (Å²) in [5.74, 6) is -0.214. The van der Waals surface area contributed by atoms with E-state index in [0.29, 0.717) is 32.3 Å². The van der Waals surface area contributed by atoms with Gasteiger partial charge in [0.05, 0.1) is 27.9 Å². The first-order valence-corrected chi connectivity index (χ1v) is 9.99. The van der Waals surface area contributed by atoms with Gasteiger partial charge in [-0.25, -0.2) is 9.67 Å². The molecule has 7 nitrogen and oxygen atoms in total. The maximum atomic E-state index is 13.0. The highest BCUT2D eigenvalue weighted by atomic mass is 127. The first-order valence-electron chi connectivity index (χ1n) is 7.74. The fourth-order valence-electron chi connectivity index (χ4n) is 2.56. The third-order valence-electron chi connectivity index (χ3n) is 3.77. The van der Waals surface area contributed by atoms with Gasteiger partial charge in [0.15, 0.2) is 5.82 Å². The predicted octanol–water partition coefficient (Wildman–Crippen LogP) is 4.69. The monoisotopic (exact) mass is 569 g/mol. The van der Waals surface area contributed by atoms with E-state index in [1.54, 1.807) is 47.7 Å². The molecule has 1 N–H and O–H groups in total. The zero-order valence-corrected chi connectivity index (χ0v) is 18.7. The molecule has 0 saturated carbocycles. The van der Waals surface area contributed by atoms with Gasteiger partial charge in [-0.3, -0.25) is 9.59 Å². The maximum Gasteiger partial charge on any atom is 0.274 e. The third-order valence-corrected chi connectivity index (χ3v) is 5.03. The summed E-state index contributed by atoms with van der Waals surface area (Å²) in [5.41, 5.74) is 1.67. The van der Waals surface area contributed by atoms with Gasteiger partial charge in [0, 0.05) is 34.9 Å². The normalized spacial score (nSPS) is 10.4. The molecule has 0 fully saturated rings. The molecule has 0 aliphatic carbocycles. The fourth-order valence-corrected chi connectivity index (χ4v) is 3.56. The Bertz CT molecular complexity index is 1160. The molecule has 3 aromatic rings. The van der Waals surface area contributed by atoms with Gasteiger partial charge in [-0.15, -0.1) is 0 Å². The second-order valence-electron chi connectivity index (χ2n) is 5.63. The SMILES string of the molecule is Cc1cc(C#N)cc(C(=O)I)c1NC(=O)c1cc(Br)nn1-c1ncccc1Cl. The molecule has 0 bridgehead atoms. The molecule has 1 aromatic carbocycles. The maximum absolute atomic E-state index is 13.0. The van der Waals surface area contributed by atoms with Crippen molar-refractivity contribution >= 4 is 65.5 Å². The number of carbonyl (C=O) groups is 2. The van der Waals surface area contributed by atoms with Crippen molar-refractivity contribution in [3.63, 3.8) is 0 Å². The number of nitriles is 1. The standard InChI is InChI=1S/C18H10BrClIN5O2/c1-9-5-10(8-22)6-11(16(21)27)15(9)24-18(28)13-7-14(19)25-26(13)17-12(20)3-2-4-23-17/h2-7H,1H3,(H,24,28). The lowest BCUT2D eigenvalue weighted by Gasteiger charge is -2.13. The number of aryl methyl sites for hydroxylation is 1. The summed E-state index contributed by atoms with van der Waals surface area (Å²) < 4.78 is 1.43. The molecule has 0 spiro atoms. The van der Waals surface area contributed by atoms with Crippen molar-refractivity contribution in [2.75, 3.05) is 5.32 Å². The Balaban J connectivity index is 2.06. The minimum Gasteiger partial charge on any atom is -0.320 e. The number of halogens is 3. The molecule has 0 unspecified atom stereocenters. The van der Waals surface area contributed by atoms with Crippen molar-refractivity contribution in [2.24, 2.45) is 0 Å². The van der Waals surface area contributed by atoms with Crippen LogP contribution in [-0.4, -0.2) is 24.5 Å². The number of hydrogen-bond donors (Lipinski definition) is 1. The Hall–Kier alpha value is -2.29. The quantitative estimate of drug-likeness (QED) is 0.362. The molecule has 10 heteroatoms. The summed E-state index contributed by atoms with van der Waals surface area (Å²) in [6, 6.07) is 9.87. The Morgan fingerprint density at radius 1 is 1.36 bits per heavy atom. The number of carbonyl (C=O) groups excluding carboxylic acids is 2. The average molecular weight is 571 g/mol. The first-order chi connectivity index (χ1) is 13.3. The van der Waals surface area contributed by atoms with Crippen LogP contribution in [0.5, 0.6) is 0 Å². The Morgan fingerprint density at radius 2 is 2.11 bits per heavy atom. The highest BCUT2D eigenvalue weighted by molar-refractivity contribution is 14.1. The molecule has 0 aliphatic rings. The van der Waals surface area contributed by atoms with E-state index in [1.165, 1.54) is 23.0 Å². The lowest BCUT2D eigenvalue weighted by Crippen LogP contribution is -2.19. The van der Waals surface area contributed by atoms with Gasteiger partial charge in [-0.1, -0.05) is 11.6 Å². The number of benzene rings is 1. The van der Waals surface area contributed by atoms with Gasteiger partial charge in [0.2, 0.25) is 3.79 Å². The van der Waals surface area contributed by atoms with Crippen molar-refractivity contribution in [1.82, 2.24) is 14.8 Å². The smallest absolute Gasteiger partial charge is 0.274 e. The lowest BCUT2D eigenvalue weighted by molar-refractivity contribution is 0.101. The molecular formula is C18H10BrClIN5O2. The van der Waals surface area contributed by atoms with Gasteiger partial charge in [-0.2, -0.15) is 10.4 Å². The molecule has 0 radical (unpaired) electrons. The van der Waals surface area contributed by atoms with Gasteiger partial charge in [-0.05, 0) is 52.7 Å². The molecule has 3 rings (SSSR count). The Kier molecular flexibility index (Phi) is 6.12. The number of amides is 1. The molecule has 0 saturated heterocycles. The van der Waals surface area contributed by atoms with E-state index in [4.69, 9.17) is 16.9 Å². The van der Waals surface area contributed by atoms with E-state index >= 15 is 0 Å². The summed E-state index contributed by atoms with van der Waals surface area (Å²) in [5, 5.41) is 16.4. The Labute approximate surface area is 187 Å². The number of nitrogens with one attached hydrogen (secondary N) is 1. The number of pyridine rings is 1. The van der Waals surface area contributed by atoms with Crippen molar-refractivity contribution < 1.29 is 9.59 Å². The van der Waals surface area contributed by atoms with Crippen LogP contribution < -0.4 is 5.32 Å². The zero-order valence-electron chi connectivity index (χ0n) is 14.2. The number of rotatable bonds is 4. The summed E-state index contributed by atoms with van der Waals surface area (Å²) in [7, 11) is 0. The van der Waals surface area contributed by atoms with Crippen LogP contribution in [0.25, 0.3) is 5.82 Å². The van der Waals surface area contributed by atoms with Crippen molar-refractivity contribution in [3.05, 3.63) is 68.5 Å². The third kappa shape index (κ3) is 4.09. The topological polar surface area (TPSA) is 101 Å². The summed E-state index contributed by atoms with van der Waals surface area (Å²) in [6.45, 7) is 1.71. The molecule has 140 valence electrons. The molecular weight excluding hydrogens is 560 g/mol. The minimum atomic E-state index is -0.508. The highest BCUT2D eigenvalue weighted by Crippen LogP contribution is 2.27. The van der Waals surface area contributed by atoms with Crippen molar-refractivity contribution in [3.8, 4) is 11.9 Å². The second-order valence-corrected chi connectivity index (χ2v) is 7.83. The molecule has 2 aromatic heterocycles. The van der Waals surface area contributed by atoms with E-state index < -0.39 is 5.91 Å². The van der Waals surface area contributed by atoms with Crippen LogP contribution in [0.2, 0.25) is 5.02 Å². The molecule has 2 heterocycles. The van der Waals surface area contributed by atoms with Crippen molar-refractivity contribution in [2.45, 2.75) is 6.92 Å². The number of aromatic nitrogens is 3. The Morgan fingerprint density at radius 3 is 2.75 bits per heavy atom. The summed E-state index contributed by atoms with van der Waals surface area (Å²) >= 11 is 11.1. The molecule has 28 heavy (non-hydrogen) atoms. The van der Waals surface area contributed by atoms with E-state index in [1.807, 2.05) is 6.07 Å². The molecule has 0 atom stereocenters. The van der Waals surface area contributed by atoms with E-state index in [-0.39, 0.29) is 15.0 Å². The van der Waals surface area contributed by atoms with Gasteiger partial charge < -0.3 is 5.32 Å². The average Bonchev–Trinajstić information content (AvgIpc) is 3.04. The number of anilines is 1. The van der Waals surface area contributed by atoms with E-state index in [2.05, 4.69) is 31.3 Å². The van der Waals surface area contributed by atoms with Crippen LogP contribution in [0.4, 0.5) is 5.69 Å². The number of nitrogens with zero attached hydrogens (tertiary/aromatic N) is 4. The van der Waals surface area contributed by atoms with Crippen molar-refractivity contribution in [1.29, 1.82) is 5.26 Å². The molecule has 0 aliphatic heterocycles. The van der Waals surface area contributed by atoms with Crippen LogP contribution in [0.15, 0.2) is 41.1 Å². The van der Waals surface area contributed by atoms with Crippen LogP contribution in [-0.2, 0) is 0 Å². The lowest BCUT2D eigenvalue weighted by atomic mass is 10.0. The van der Waals surface area contributed by atoms with Crippen LogP contribution in [0.3, 0.4) is 0 Å². The van der Waals surface area contributed by atoms with E-state index in [0.717, 1.165) is 0 Å². The van der Waals surface area contributed by atoms with Crippen LogP contribution >= 0.6 is 50.1 Å². The van der Waals surface area contributed by atoms with Crippen LogP contribution in [0, 0.1) is 18.3 Å². The van der Waals surface area contributed by atoms with Crippen LogP contribution in [0.1, 0.15) is 32.0 Å². The zero-order chi connectivity index (χ0) is 20.4. The number of hydrogen-bond acceptors (Lipinski definition) is 5. The van der Waals surface area contributed by atoms with E-state index in [9.17, 15) is 9.59 Å². The fraction of sp³-hybridized carbons (Fsp3) is 0.0556. The predicted molar refractivity (Wildman–Crippen MR) is 116 cm³/mol. The van der Waals surface area contributed by atoms with Gasteiger partial charge in [0.25, 0.3) is 5.91 Å². The molecule has 1 amide bonds. The van der Waals surface area contributed by atoms with Gasteiger partial charge in [0.1, 0.15) is 10.3 Å².